The van der Waals surface area contributed by atoms with Gasteiger partial charge in [-0.25, -0.2) is 0 Å². The minimum Gasteiger partial charge on any atom is -0.390 e. The number of thioether (sulfide) groups is 1. The molecule has 7 heteroatoms. The van der Waals surface area contributed by atoms with Gasteiger partial charge in [-0.15, -0.1) is 10.2 Å². The van der Waals surface area contributed by atoms with Gasteiger partial charge >= 0.3 is 0 Å². The van der Waals surface area contributed by atoms with Gasteiger partial charge in [-0.2, -0.15) is 0 Å². The summed E-state index contributed by atoms with van der Waals surface area (Å²) in [5.41, 5.74) is 5.65. The Morgan fingerprint density at radius 1 is 1.56 bits per heavy atom. The standard InChI is InChI=1S/C11H20N4O2S/c1-2-17-6-9(16)7-18-11-14-13-10(5-12)15(11)8-3-4-8/h8-9,16H,2-7,12H2,1H3. The van der Waals surface area contributed by atoms with Crippen molar-refractivity contribution < 1.29 is 9.84 Å². The van der Waals surface area contributed by atoms with Crippen molar-refractivity contribution in [1.82, 2.24) is 14.8 Å². The van der Waals surface area contributed by atoms with Crippen LogP contribution in [0.5, 0.6) is 0 Å². The number of rotatable bonds is 8. The van der Waals surface area contributed by atoms with Crippen LogP contribution in [-0.2, 0) is 11.3 Å². The normalized spacial score (nSPS) is 17.1. The van der Waals surface area contributed by atoms with Crippen LogP contribution in [0.2, 0.25) is 0 Å². The van der Waals surface area contributed by atoms with E-state index in [0.29, 0.717) is 31.6 Å². The Morgan fingerprint density at radius 3 is 2.94 bits per heavy atom. The number of aromatic nitrogens is 3. The maximum Gasteiger partial charge on any atom is 0.191 e. The second-order valence-corrected chi connectivity index (χ2v) is 5.32. The number of aliphatic hydroxyl groups is 1. The van der Waals surface area contributed by atoms with Gasteiger partial charge in [-0.05, 0) is 19.8 Å². The quantitative estimate of drug-likeness (QED) is 0.673. The third kappa shape index (κ3) is 3.44. The average molecular weight is 272 g/mol. The predicted octanol–water partition coefficient (Wildman–Crippen LogP) is 0.561. The maximum atomic E-state index is 9.72. The van der Waals surface area contributed by atoms with Gasteiger partial charge < -0.3 is 20.1 Å². The van der Waals surface area contributed by atoms with E-state index in [1.165, 1.54) is 24.6 Å². The number of hydrogen-bond donors (Lipinski definition) is 2. The third-order valence-corrected chi connectivity index (χ3v) is 3.84. The summed E-state index contributed by atoms with van der Waals surface area (Å²) in [7, 11) is 0. The first-order valence-corrected chi connectivity index (χ1v) is 7.27. The van der Waals surface area contributed by atoms with Crippen LogP contribution in [0, 0.1) is 0 Å². The molecule has 0 aliphatic heterocycles. The van der Waals surface area contributed by atoms with E-state index in [9.17, 15) is 5.11 Å². The molecular formula is C11H20N4O2S. The van der Waals surface area contributed by atoms with Crippen LogP contribution in [0.3, 0.4) is 0 Å². The molecule has 1 aromatic heterocycles. The molecule has 1 unspecified atom stereocenters. The van der Waals surface area contributed by atoms with Crippen LogP contribution in [0.15, 0.2) is 5.16 Å². The zero-order valence-electron chi connectivity index (χ0n) is 10.6. The lowest BCUT2D eigenvalue weighted by molar-refractivity contribution is 0.0551. The predicted molar refractivity (Wildman–Crippen MR) is 69.4 cm³/mol. The molecule has 2 rings (SSSR count). The molecule has 102 valence electrons. The van der Waals surface area contributed by atoms with E-state index in [1.54, 1.807) is 0 Å². The Balaban J connectivity index is 1.90. The summed E-state index contributed by atoms with van der Waals surface area (Å²) in [6, 6.07) is 0.505. The minimum absolute atomic E-state index is 0.366. The van der Waals surface area contributed by atoms with Gasteiger partial charge in [-0.3, -0.25) is 0 Å². The Labute approximate surface area is 111 Å². The number of aliphatic hydroxyl groups excluding tert-OH is 1. The largest absolute Gasteiger partial charge is 0.390 e. The van der Waals surface area contributed by atoms with E-state index in [-0.39, 0.29) is 0 Å². The molecule has 1 aromatic rings. The Bertz CT molecular complexity index is 381. The number of ether oxygens (including phenoxy) is 1. The Morgan fingerprint density at radius 2 is 2.33 bits per heavy atom. The summed E-state index contributed by atoms with van der Waals surface area (Å²) in [5.74, 6) is 1.40. The zero-order valence-corrected chi connectivity index (χ0v) is 11.4. The first kappa shape index (κ1) is 13.8. The fraction of sp³-hybridized carbons (Fsp3) is 0.818. The van der Waals surface area contributed by atoms with Gasteiger partial charge in [0.2, 0.25) is 0 Å². The van der Waals surface area contributed by atoms with E-state index in [4.69, 9.17) is 10.5 Å². The van der Waals surface area contributed by atoms with Crippen LogP contribution in [0.1, 0.15) is 31.6 Å². The highest BCUT2D eigenvalue weighted by atomic mass is 32.2. The molecule has 6 nitrogen and oxygen atoms in total. The number of hydrogen-bond acceptors (Lipinski definition) is 6. The fourth-order valence-electron chi connectivity index (χ4n) is 1.72. The van der Waals surface area contributed by atoms with Crippen LogP contribution < -0.4 is 5.73 Å². The highest BCUT2D eigenvalue weighted by Gasteiger charge is 2.29. The van der Waals surface area contributed by atoms with Gasteiger partial charge in [0.15, 0.2) is 5.16 Å². The van der Waals surface area contributed by atoms with Crippen molar-refractivity contribution >= 4 is 11.8 Å². The van der Waals surface area contributed by atoms with Gasteiger partial charge in [0.1, 0.15) is 5.82 Å². The lowest BCUT2D eigenvalue weighted by Crippen LogP contribution is -2.18. The summed E-state index contributed by atoms with van der Waals surface area (Å²) in [6.07, 6.45) is 1.86. The smallest absolute Gasteiger partial charge is 0.191 e. The number of nitrogens with zero attached hydrogens (tertiary/aromatic N) is 3. The fourth-order valence-corrected chi connectivity index (χ4v) is 2.65. The van der Waals surface area contributed by atoms with Crippen molar-refractivity contribution in [3.05, 3.63) is 5.82 Å². The molecule has 1 heterocycles. The summed E-state index contributed by atoms with van der Waals surface area (Å²) in [6.45, 7) is 3.31. The van der Waals surface area contributed by atoms with Gasteiger partial charge in [0.05, 0.1) is 19.3 Å². The van der Waals surface area contributed by atoms with E-state index in [1.807, 2.05) is 6.92 Å². The van der Waals surface area contributed by atoms with Crippen molar-refractivity contribution in [3.63, 3.8) is 0 Å². The number of nitrogens with two attached hydrogens (primary N) is 1. The molecule has 0 aromatic carbocycles. The molecule has 0 spiro atoms. The van der Waals surface area contributed by atoms with Crippen LogP contribution in [-0.4, -0.2) is 44.9 Å². The first-order chi connectivity index (χ1) is 8.76. The van der Waals surface area contributed by atoms with Crippen molar-refractivity contribution in [3.8, 4) is 0 Å². The monoisotopic (exact) mass is 272 g/mol. The molecule has 1 atom stereocenters. The average Bonchev–Trinajstić information content (AvgIpc) is 3.14. The lowest BCUT2D eigenvalue weighted by atomic mass is 10.4. The molecule has 3 N–H and O–H groups in total. The van der Waals surface area contributed by atoms with Gasteiger partial charge in [-0.1, -0.05) is 11.8 Å². The van der Waals surface area contributed by atoms with E-state index in [2.05, 4.69) is 14.8 Å². The second-order valence-electron chi connectivity index (χ2n) is 4.33. The molecule has 0 bridgehead atoms. The Kier molecular flexibility index (Phi) is 4.99. The third-order valence-electron chi connectivity index (χ3n) is 2.75. The molecule has 1 saturated carbocycles. The molecule has 18 heavy (non-hydrogen) atoms. The molecule has 0 radical (unpaired) electrons. The van der Waals surface area contributed by atoms with Crippen LogP contribution >= 0.6 is 11.8 Å². The van der Waals surface area contributed by atoms with Crippen LogP contribution in [0.4, 0.5) is 0 Å². The summed E-state index contributed by atoms with van der Waals surface area (Å²) in [5, 5.41) is 18.8. The highest BCUT2D eigenvalue weighted by Crippen LogP contribution is 2.38. The summed E-state index contributed by atoms with van der Waals surface area (Å²) >= 11 is 1.51. The lowest BCUT2D eigenvalue weighted by Gasteiger charge is -2.11. The van der Waals surface area contributed by atoms with Gasteiger partial charge in [0, 0.05) is 18.4 Å². The summed E-state index contributed by atoms with van der Waals surface area (Å²) in [4.78, 5) is 0. The molecule has 1 aliphatic carbocycles. The van der Waals surface area contributed by atoms with Crippen molar-refractivity contribution in [1.29, 1.82) is 0 Å². The first-order valence-electron chi connectivity index (χ1n) is 6.28. The molecular weight excluding hydrogens is 252 g/mol. The summed E-state index contributed by atoms with van der Waals surface area (Å²) < 4.78 is 7.28. The SMILES string of the molecule is CCOCC(O)CSc1nnc(CN)n1C1CC1. The maximum absolute atomic E-state index is 9.72. The van der Waals surface area contributed by atoms with E-state index < -0.39 is 6.10 Å². The van der Waals surface area contributed by atoms with Crippen molar-refractivity contribution in [2.75, 3.05) is 19.0 Å². The second kappa shape index (κ2) is 6.51. The molecule has 1 fully saturated rings. The molecule has 0 saturated heterocycles. The van der Waals surface area contributed by atoms with Crippen LogP contribution in [0.25, 0.3) is 0 Å². The molecule has 1 aliphatic rings. The minimum atomic E-state index is -0.472. The van der Waals surface area contributed by atoms with Crippen molar-refractivity contribution in [2.45, 2.75) is 43.6 Å². The van der Waals surface area contributed by atoms with Crippen molar-refractivity contribution in [2.24, 2.45) is 5.73 Å². The Hall–Kier alpha value is -0.630. The van der Waals surface area contributed by atoms with E-state index >= 15 is 0 Å². The highest BCUT2D eigenvalue weighted by molar-refractivity contribution is 7.99. The van der Waals surface area contributed by atoms with E-state index in [0.717, 1.165) is 11.0 Å². The van der Waals surface area contributed by atoms with Gasteiger partial charge in [0.25, 0.3) is 0 Å². The zero-order chi connectivity index (χ0) is 13.0. The molecule has 0 amide bonds. The topological polar surface area (TPSA) is 86.2 Å².